The summed E-state index contributed by atoms with van der Waals surface area (Å²) in [5.41, 5.74) is -0.0819. The fourth-order valence-electron chi connectivity index (χ4n) is 0.625. The molecule has 54 valence electrons. The molecule has 1 aromatic carbocycles. The lowest BCUT2D eigenvalue weighted by Gasteiger charge is -2.18. The van der Waals surface area contributed by atoms with Gasteiger partial charge in [-0.25, -0.2) is 0 Å². The number of hydrogen-bond acceptors (Lipinski definition) is 0. The predicted octanol–water partition coefficient (Wildman–Crippen LogP) is 2.98. The van der Waals surface area contributed by atoms with E-state index in [9.17, 15) is 0 Å². The van der Waals surface area contributed by atoms with E-state index in [1.54, 1.807) is 0 Å². The first-order valence-corrected chi connectivity index (χ1v) is 3.25. The third-order valence-corrected chi connectivity index (χ3v) is 1.25. The Bertz CT molecular complexity index is 374. The van der Waals surface area contributed by atoms with Crippen LogP contribution in [-0.4, -0.2) is 0 Å². The van der Waals surface area contributed by atoms with Crippen molar-refractivity contribution in [2.75, 3.05) is 0 Å². The van der Waals surface area contributed by atoms with Crippen molar-refractivity contribution >= 4 is 0 Å². The molecule has 0 heterocycles. The fourth-order valence-corrected chi connectivity index (χ4v) is 0.625. The van der Waals surface area contributed by atoms with E-state index in [-0.39, 0.29) is 30.2 Å². The summed E-state index contributed by atoms with van der Waals surface area (Å²) < 4.78 is 37.9. The molecule has 10 heavy (non-hydrogen) atoms. The first-order valence-electron chi connectivity index (χ1n) is 5.75. The van der Waals surface area contributed by atoms with Crippen LogP contribution in [0, 0.1) is 0 Å². The second kappa shape index (κ2) is 2.45. The van der Waals surface area contributed by atoms with Gasteiger partial charge in [-0.15, -0.1) is 0 Å². The number of benzene rings is 1. The third kappa shape index (κ3) is 1.60. The third-order valence-electron chi connectivity index (χ3n) is 1.25. The average Bonchev–Trinajstić information content (AvgIpc) is 2.09. The van der Waals surface area contributed by atoms with Gasteiger partial charge in [0, 0.05) is 0 Å². The van der Waals surface area contributed by atoms with Crippen LogP contribution in [0.25, 0.3) is 0 Å². The highest BCUT2D eigenvalue weighted by Crippen LogP contribution is 2.20. The molecule has 0 radical (unpaired) electrons. The van der Waals surface area contributed by atoms with Gasteiger partial charge in [-0.2, -0.15) is 0 Å². The molecule has 0 unspecified atom stereocenters. The van der Waals surface area contributed by atoms with E-state index < -0.39 is 5.41 Å². The molecule has 1 rings (SSSR count). The smallest absolute Gasteiger partial charge is 0.0622 e. The predicted molar refractivity (Wildman–Crippen MR) is 45.1 cm³/mol. The van der Waals surface area contributed by atoms with Crippen LogP contribution in [0.5, 0.6) is 0 Å². The largest absolute Gasteiger partial charge is 0.0626 e. The van der Waals surface area contributed by atoms with Crippen LogP contribution in [-0.2, 0) is 5.41 Å². The van der Waals surface area contributed by atoms with Crippen LogP contribution >= 0.6 is 0 Å². The molecule has 0 bridgehead atoms. The molecule has 0 saturated heterocycles. The van der Waals surface area contributed by atoms with E-state index in [0.717, 1.165) is 0 Å². The maximum absolute atomic E-state index is 7.72. The Hall–Kier alpha value is -0.780. The summed E-state index contributed by atoms with van der Waals surface area (Å²) in [6.45, 7) is 5.50. The molecule has 0 fully saturated rings. The quantitative estimate of drug-likeness (QED) is 0.518. The maximum Gasteiger partial charge on any atom is 0.0626 e. The van der Waals surface area contributed by atoms with Crippen molar-refractivity contribution in [3.8, 4) is 0 Å². The van der Waals surface area contributed by atoms with Gasteiger partial charge in [-0.3, -0.25) is 0 Å². The zero-order valence-electron chi connectivity index (χ0n) is 11.5. The van der Waals surface area contributed by atoms with Crippen LogP contribution in [0.2, 0.25) is 0 Å². The van der Waals surface area contributed by atoms with Gasteiger partial charge in [-0.05, 0) is 11.0 Å². The van der Waals surface area contributed by atoms with Crippen LogP contribution in [0.15, 0.2) is 30.2 Å². The van der Waals surface area contributed by atoms with Gasteiger partial charge in [0.15, 0.2) is 0 Å². The van der Waals surface area contributed by atoms with Gasteiger partial charge in [0.25, 0.3) is 0 Å². The second-order valence-electron chi connectivity index (χ2n) is 3.25. The van der Waals surface area contributed by atoms with Crippen molar-refractivity contribution in [2.24, 2.45) is 0 Å². The molecule has 0 N–H and O–H groups in total. The van der Waals surface area contributed by atoms with Crippen molar-refractivity contribution in [3.63, 3.8) is 0 Å². The SMILES string of the molecule is [2H]c1c([2H])c([2H])c(C(C)(C)C)c([2H])c1[2H]. The second-order valence-corrected chi connectivity index (χ2v) is 3.25. The first kappa shape index (κ1) is 3.08. The van der Waals surface area contributed by atoms with Gasteiger partial charge < -0.3 is 0 Å². The average molecular weight is 139 g/mol. The van der Waals surface area contributed by atoms with Gasteiger partial charge in [0.1, 0.15) is 0 Å². The van der Waals surface area contributed by atoms with Crippen LogP contribution < -0.4 is 0 Å². The van der Waals surface area contributed by atoms with Crippen LogP contribution in [0.1, 0.15) is 33.2 Å². The van der Waals surface area contributed by atoms with Gasteiger partial charge >= 0.3 is 0 Å². The van der Waals surface area contributed by atoms with E-state index in [0.29, 0.717) is 5.56 Å². The Morgan fingerprint density at radius 2 is 1.60 bits per heavy atom. The number of rotatable bonds is 0. The minimum atomic E-state index is -0.451. The lowest BCUT2D eigenvalue weighted by Crippen LogP contribution is -2.10. The monoisotopic (exact) mass is 139 g/mol. The number of hydrogen-bond donors (Lipinski definition) is 0. The molecule has 0 aliphatic carbocycles. The first-order chi connectivity index (χ1) is 6.68. The molecular formula is C10H14. The molecule has 0 nitrogen and oxygen atoms in total. The molecule has 0 spiro atoms. The van der Waals surface area contributed by atoms with E-state index in [1.165, 1.54) is 0 Å². The van der Waals surface area contributed by atoms with Crippen molar-refractivity contribution in [3.05, 3.63) is 35.8 Å². The summed E-state index contributed by atoms with van der Waals surface area (Å²) in [7, 11) is 0. The summed E-state index contributed by atoms with van der Waals surface area (Å²) in [5, 5.41) is 0. The van der Waals surface area contributed by atoms with Crippen LogP contribution in [0.4, 0.5) is 0 Å². The highest BCUT2D eigenvalue weighted by atomic mass is 14.2. The highest BCUT2D eigenvalue weighted by Gasteiger charge is 2.11. The van der Waals surface area contributed by atoms with E-state index in [1.807, 2.05) is 20.8 Å². The van der Waals surface area contributed by atoms with Gasteiger partial charge in [0.2, 0.25) is 0 Å². The van der Waals surface area contributed by atoms with E-state index >= 15 is 0 Å². The fraction of sp³-hybridized carbons (Fsp3) is 0.400. The standard InChI is InChI=1S/C10H14/c1-10(2,3)9-7-5-4-6-8-9/h4-8H,1-3H3/i4D,5D,6D,7D,8D. The molecule has 0 aromatic heterocycles. The van der Waals surface area contributed by atoms with Crippen LogP contribution in [0.3, 0.4) is 0 Å². The zero-order valence-corrected chi connectivity index (χ0v) is 6.50. The normalized spacial score (nSPS) is 18.5. The molecule has 0 atom stereocenters. The zero-order chi connectivity index (χ0) is 12.0. The van der Waals surface area contributed by atoms with E-state index in [4.69, 9.17) is 6.85 Å². The molecular weight excluding hydrogens is 120 g/mol. The van der Waals surface area contributed by atoms with Crippen molar-refractivity contribution in [1.82, 2.24) is 0 Å². The Labute approximate surface area is 69.9 Å². The summed E-state index contributed by atoms with van der Waals surface area (Å²) in [6, 6.07) is -1.07. The van der Waals surface area contributed by atoms with Crippen molar-refractivity contribution in [2.45, 2.75) is 26.2 Å². The maximum atomic E-state index is 7.72. The Balaban J connectivity index is 3.68. The van der Waals surface area contributed by atoms with Crippen molar-refractivity contribution < 1.29 is 6.85 Å². The molecule has 0 aliphatic rings. The minimum Gasteiger partial charge on any atom is -0.0622 e. The highest BCUT2D eigenvalue weighted by molar-refractivity contribution is 5.21. The molecule has 0 saturated carbocycles. The molecule has 0 aliphatic heterocycles. The minimum absolute atomic E-state index is 0.103. The molecule has 1 aromatic rings. The Morgan fingerprint density at radius 1 is 1.10 bits per heavy atom. The lowest BCUT2D eigenvalue weighted by atomic mass is 9.87. The Morgan fingerprint density at radius 3 is 2.00 bits per heavy atom. The topological polar surface area (TPSA) is 0 Å². The summed E-state index contributed by atoms with van der Waals surface area (Å²) in [4.78, 5) is 0. The summed E-state index contributed by atoms with van der Waals surface area (Å²) in [6.07, 6.45) is 0. The van der Waals surface area contributed by atoms with Gasteiger partial charge in [-0.1, -0.05) is 51.0 Å². The summed E-state index contributed by atoms with van der Waals surface area (Å²) >= 11 is 0. The molecule has 0 amide bonds. The lowest BCUT2D eigenvalue weighted by molar-refractivity contribution is 0.590. The summed E-state index contributed by atoms with van der Waals surface area (Å²) in [5.74, 6) is 0. The van der Waals surface area contributed by atoms with E-state index in [2.05, 4.69) is 0 Å². The Kier molecular flexibility index (Phi) is 0.755. The molecule has 0 heteroatoms. The van der Waals surface area contributed by atoms with Crippen molar-refractivity contribution in [1.29, 1.82) is 0 Å². The van der Waals surface area contributed by atoms with Gasteiger partial charge in [0.05, 0.1) is 6.85 Å².